The van der Waals surface area contributed by atoms with Gasteiger partial charge in [0.25, 0.3) is 5.91 Å². The van der Waals surface area contributed by atoms with Crippen LogP contribution in [0.3, 0.4) is 0 Å². The summed E-state index contributed by atoms with van der Waals surface area (Å²) >= 11 is 0. The van der Waals surface area contributed by atoms with E-state index in [2.05, 4.69) is 22.9 Å². The number of hydrogen-bond acceptors (Lipinski definition) is 5. The Kier molecular flexibility index (Phi) is 6.17. The highest BCUT2D eigenvalue weighted by atomic mass is 16.2. The second kappa shape index (κ2) is 8.88. The minimum Gasteiger partial charge on any atom is -0.353 e. The maximum Gasteiger partial charge on any atom is 0.255 e. The van der Waals surface area contributed by atoms with Gasteiger partial charge in [-0.3, -0.25) is 14.5 Å². The fraction of sp³-hybridized carbons (Fsp3) is 0.520. The van der Waals surface area contributed by atoms with Crippen molar-refractivity contribution in [2.75, 3.05) is 42.5 Å². The Balaban J connectivity index is 0.00000245. The molecule has 1 saturated carbocycles. The van der Waals surface area contributed by atoms with Gasteiger partial charge in [-0.25, -0.2) is 9.97 Å². The van der Waals surface area contributed by atoms with Crippen molar-refractivity contribution in [3.05, 3.63) is 46.8 Å². The van der Waals surface area contributed by atoms with Gasteiger partial charge in [0.15, 0.2) is 0 Å². The number of carbonyl (C=O) groups is 2. The van der Waals surface area contributed by atoms with Crippen molar-refractivity contribution in [3.8, 4) is 0 Å². The van der Waals surface area contributed by atoms with Crippen molar-refractivity contribution in [1.29, 1.82) is 0 Å². The molecule has 2 saturated heterocycles. The molecule has 3 fully saturated rings. The smallest absolute Gasteiger partial charge is 0.255 e. The molecule has 0 bridgehead atoms. The van der Waals surface area contributed by atoms with Gasteiger partial charge >= 0.3 is 0 Å². The zero-order chi connectivity index (χ0) is 21.5. The Bertz CT molecular complexity index is 1020. The third-order valence-corrected chi connectivity index (χ3v) is 6.66. The van der Waals surface area contributed by atoms with Crippen LogP contribution in [-0.2, 0) is 4.79 Å². The average Bonchev–Trinajstić information content (AvgIpc) is 3.54. The minimum atomic E-state index is 0. The molecule has 2 aromatic rings. The molecule has 7 nitrogen and oxygen atoms in total. The fourth-order valence-corrected chi connectivity index (χ4v) is 4.66. The number of carbonyl (C=O) groups excluding carboxylic acids is 2. The number of anilines is 2. The largest absolute Gasteiger partial charge is 0.353 e. The second-order valence-electron chi connectivity index (χ2n) is 8.97. The van der Waals surface area contributed by atoms with Gasteiger partial charge < -0.3 is 9.80 Å². The zero-order valence-corrected chi connectivity index (χ0v) is 18.3. The number of aromatic nitrogens is 2. The minimum absolute atomic E-state index is 0. The second-order valence-corrected chi connectivity index (χ2v) is 8.97. The monoisotopic (exact) mass is 435 g/mol. The molecule has 0 spiro atoms. The number of piperazine rings is 1. The predicted octanol–water partition coefficient (Wildman–Crippen LogP) is 3.70. The predicted molar refractivity (Wildman–Crippen MR) is 126 cm³/mol. The molecule has 2 aromatic heterocycles. The summed E-state index contributed by atoms with van der Waals surface area (Å²) in [7, 11) is 0. The van der Waals surface area contributed by atoms with Crippen LogP contribution in [0.2, 0.25) is 0 Å². The Morgan fingerprint density at radius 3 is 2.31 bits per heavy atom. The topological polar surface area (TPSA) is 69.6 Å². The van der Waals surface area contributed by atoms with E-state index in [9.17, 15) is 9.59 Å². The number of rotatable bonds is 4. The van der Waals surface area contributed by atoms with Gasteiger partial charge in [0.05, 0.1) is 5.56 Å². The van der Waals surface area contributed by atoms with Crippen molar-refractivity contribution < 1.29 is 9.59 Å². The van der Waals surface area contributed by atoms with E-state index in [0.717, 1.165) is 30.9 Å². The molecule has 0 aromatic carbocycles. The van der Waals surface area contributed by atoms with Gasteiger partial charge in [0.2, 0.25) is 5.91 Å². The lowest BCUT2D eigenvalue weighted by Gasteiger charge is -2.36. The van der Waals surface area contributed by atoms with Crippen molar-refractivity contribution in [2.45, 2.75) is 52.9 Å². The van der Waals surface area contributed by atoms with Crippen molar-refractivity contribution in [1.82, 2.24) is 14.9 Å². The van der Waals surface area contributed by atoms with Crippen LogP contribution < -0.4 is 9.80 Å². The van der Waals surface area contributed by atoms with E-state index in [-0.39, 0.29) is 19.2 Å². The van der Waals surface area contributed by atoms with Crippen LogP contribution in [-0.4, -0.2) is 59.4 Å². The van der Waals surface area contributed by atoms with E-state index in [1.807, 2.05) is 24.1 Å². The van der Waals surface area contributed by atoms with Crippen LogP contribution in [0.25, 0.3) is 0 Å². The first kappa shape index (κ1) is 22.2. The quantitative estimate of drug-likeness (QED) is 0.733. The summed E-state index contributed by atoms with van der Waals surface area (Å²) in [5, 5.41) is 0. The Labute approximate surface area is 190 Å². The summed E-state index contributed by atoms with van der Waals surface area (Å²) in [6.45, 7) is 7.63. The molecule has 5 rings (SSSR count). The summed E-state index contributed by atoms with van der Waals surface area (Å²) in [6, 6.07) is 4.14. The van der Waals surface area contributed by atoms with Gasteiger partial charge in [-0.1, -0.05) is 13.5 Å². The molecule has 7 heteroatoms. The van der Waals surface area contributed by atoms with Crippen molar-refractivity contribution >= 4 is 23.5 Å². The van der Waals surface area contributed by atoms with E-state index < -0.39 is 0 Å². The van der Waals surface area contributed by atoms with Crippen LogP contribution in [0.5, 0.6) is 0 Å². The lowest BCUT2D eigenvalue weighted by molar-refractivity contribution is -0.117. The number of nitrogens with zero attached hydrogens (tertiary/aromatic N) is 5. The highest BCUT2D eigenvalue weighted by Gasteiger charge is 2.28. The van der Waals surface area contributed by atoms with E-state index in [0.29, 0.717) is 43.4 Å². The lowest BCUT2D eigenvalue weighted by Crippen LogP contribution is -2.49. The number of hydrogen-bond donors (Lipinski definition) is 0. The van der Waals surface area contributed by atoms with Crippen LogP contribution >= 0.6 is 0 Å². The lowest BCUT2D eigenvalue weighted by atomic mass is 10.1. The van der Waals surface area contributed by atoms with E-state index in [1.165, 1.54) is 24.0 Å². The van der Waals surface area contributed by atoms with Crippen molar-refractivity contribution in [2.24, 2.45) is 0 Å². The third-order valence-electron chi connectivity index (χ3n) is 6.66. The first-order valence-corrected chi connectivity index (χ1v) is 11.3. The van der Waals surface area contributed by atoms with Gasteiger partial charge in [0, 0.05) is 51.5 Å². The van der Waals surface area contributed by atoms with Gasteiger partial charge in [0.1, 0.15) is 11.6 Å². The molecule has 0 unspecified atom stereocenters. The van der Waals surface area contributed by atoms with Crippen LogP contribution in [0.1, 0.15) is 66.1 Å². The summed E-state index contributed by atoms with van der Waals surface area (Å²) in [5.74, 6) is 2.52. The zero-order valence-electron chi connectivity index (χ0n) is 18.3. The highest BCUT2D eigenvalue weighted by molar-refractivity contribution is 5.97. The van der Waals surface area contributed by atoms with E-state index >= 15 is 0 Å². The first-order valence-electron chi connectivity index (χ1n) is 11.3. The van der Waals surface area contributed by atoms with Crippen LogP contribution in [0.4, 0.5) is 11.6 Å². The average molecular weight is 436 g/mol. The Morgan fingerprint density at radius 1 is 0.969 bits per heavy atom. The van der Waals surface area contributed by atoms with Crippen LogP contribution in [0, 0.1) is 13.8 Å². The summed E-state index contributed by atoms with van der Waals surface area (Å²) in [4.78, 5) is 40.2. The summed E-state index contributed by atoms with van der Waals surface area (Å²) < 4.78 is 0. The molecule has 2 aliphatic heterocycles. The number of amides is 2. The summed E-state index contributed by atoms with van der Waals surface area (Å²) in [5.41, 5.74) is 4.06. The fourth-order valence-electron chi connectivity index (χ4n) is 4.66. The standard InChI is InChI=1S/C24H29N5O2.CH4/c1-16-13-21(29-7-3-4-22(29)30)25-15-20(16)24(31)28-10-8-27(9-11-28)23-17(2)12-19(14-26-23)18-5-6-18;/h12-15,18H,3-11H2,1-2H3;1H4. The Hall–Kier alpha value is -2.96. The third kappa shape index (κ3) is 4.20. The molecule has 0 N–H and O–H groups in total. The molecule has 170 valence electrons. The molecule has 3 aliphatic rings. The van der Waals surface area contributed by atoms with Gasteiger partial charge in [-0.05, 0) is 61.8 Å². The molecular weight excluding hydrogens is 402 g/mol. The maximum atomic E-state index is 13.1. The Morgan fingerprint density at radius 2 is 1.72 bits per heavy atom. The normalized spacial score (nSPS) is 18.7. The molecule has 0 atom stereocenters. The van der Waals surface area contributed by atoms with E-state index in [4.69, 9.17) is 4.98 Å². The van der Waals surface area contributed by atoms with E-state index in [1.54, 1.807) is 11.1 Å². The molecule has 4 heterocycles. The van der Waals surface area contributed by atoms with Crippen LogP contribution in [0.15, 0.2) is 24.5 Å². The SMILES string of the molecule is C.Cc1cc(N2CCCC2=O)ncc1C(=O)N1CCN(c2ncc(C3CC3)cc2C)CC1. The maximum absolute atomic E-state index is 13.1. The highest BCUT2D eigenvalue weighted by Crippen LogP contribution is 2.40. The van der Waals surface area contributed by atoms with Gasteiger partial charge in [-0.2, -0.15) is 0 Å². The molecular formula is C25H33N5O2. The van der Waals surface area contributed by atoms with Gasteiger partial charge in [-0.15, -0.1) is 0 Å². The number of pyridine rings is 2. The molecule has 1 aliphatic carbocycles. The molecule has 32 heavy (non-hydrogen) atoms. The first-order chi connectivity index (χ1) is 15.0. The molecule has 0 radical (unpaired) electrons. The van der Waals surface area contributed by atoms with Crippen molar-refractivity contribution in [3.63, 3.8) is 0 Å². The molecule has 2 amide bonds. The summed E-state index contributed by atoms with van der Waals surface area (Å²) in [6.07, 6.45) is 7.66. The number of aryl methyl sites for hydroxylation is 2.